The molecule has 0 saturated carbocycles. The number of allylic oxidation sites excluding steroid dienone is 1. The standard InChI is InChI=1S/C25H19FO3/c1-17-14-21(28-13-5-8-18-6-3-2-4-7-18)16-22-24(17)25(27)23(29-22)15-19-9-11-20(26)12-10-19/h2-12,14-16H,13H2,1H3/b8-5+,23-15-. The van der Waals surface area contributed by atoms with Crippen LogP contribution in [0.15, 0.2) is 78.6 Å². The Hall–Kier alpha value is -3.66. The van der Waals surface area contributed by atoms with E-state index in [0.29, 0.717) is 29.2 Å². The van der Waals surface area contributed by atoms with Crippen molar-refractivity contribution >= 4 is 17.9 Å². The number of benzene rings is 3. The molecule has 0 bridgehead atoms. The number of ketones is 1. The van der Waals surface area contributed by atoms with Crippen LogP contribution in [0.2, 0.25) is 0 Å². The van der Waals surface area contributed by atoms with Gasteiger partial charge in [0.1, 0.15) is 23.9 Å². The molecule has 3 aromatic rings. The van der Waals surface area contributed by atoms with E-state index in [1.54, 1.807) is 24.3 Å². The van der Waals surface area contributed by atoms with Crippen LogP contribution in [0.1, 0.15) is 27.0 Å². The molecule has 1 heterocycles. The van der Waals surface area contributed by atoms with Crippen molar-refractivity contribution in [2.24, 2.45) is 0 Å². The molecule has 144 valence electrons. The number of fused-ring (bicyclic) bond motifs is 1. The number of hydrogen-bond donors (Lipinski definition) is 0. The van der Waals surface area contributed by atoms with E-state index in [1.165, 1.54) is 12.1 Å². The van der Waals surface area contributed by atoms with E-state index >= 15 is 0 Å². The predicted octanol–water partition coefficient (Wildman–Crippen LogP) is 5.84. The summed E-state index contributed by atoms with van der Waals surface area (Å²) >= 11 is 0. The molecule has 0 saturated heterocycles. The van der Waals surface area contributed by atoms with Crippen LogP contribution in [0, 0.1) is 12.7 Å². The maximum Gasteiger partial charge on any atom is 0.232 e. The summed E-state index contributed by atoms with van der Waals surface area (Å²) in [5.74, 6) is 0.821. The second kappa shape index (κ2) is 8.15. The quantitative estimate of drug-likeness (QED) is 0.517. The van der Waals surface area contributed by atoms with Gasteiger partial charge in [-0.25, -0.2) is 4.39 Å². The largest absolute Gasteiger partial charge is 0.489 e. The zero-order valence-corrected chi connectivity index (χ0v) is 15.9. The molecule has 0 amide bonds. The van der Waals surface area contributed by atoms with Gasteiger partial charge in [0.2, 0.25) is 5.78 Å². The second-order valence-electron chi connectivity index (χ2n) is 6.73. The maximum atomic E-state index is 13.1. The molecule has 0 fully saturated rings. The summed E-state index contributed by atoms with van der Waals surface area (Å²) in [7, 11) is 0. The first-order valence-corrected chi connectivity index (χ1v) is 9.29. The van der Waals surface area contributed by atoms with E-state index in [1.807, 2.05) is 55.5 Å². The maximum absolute atomic E-state index is 13.1. The molecule has 0 atom stereocenters. The van der Waals surface area contributed by atoms with E-state index in [4.69, 9.17) is 9.47 Å². The lowest BCUT2D eigenvalue weighted by atomic mass is 10.0. The zero-order chi connectivity index (χ0) is 20.2. The fraction of sp³-hybridized carbons (Fsp3) is 0.0800. The van der Waals surface area contributed by atoms with Gasteiger partial charge in [0.25, 0.3) is 0 Å². The van der Waals surface area contributed by atoms with Crippen LogP contribution in [-0.4, -0.2) is 12.4 Å². The highest BCUT2D eigenvalue weighted by Gasteiger charge is 2.29. The molecule has 0 aromatic heterocycles. The van der Waals surface area contributed by atoms with Crippen LogP contribution in [0.4, 0.5) is 4.39 Å². The number of carbonyl (C=O) groups is 1. The summed E-state index contributed by atoms with van der Waals surface area (Å²) in [6, 6.07) is 19.4. The van der Waals surface area contributed by atoms with Crippen molar-refractivity contribution in [3.05, 3.63) is 107 Å². The molecule has 0 N–H and O–H groups in total. The van der Waals surface area contributed by atoms with Gasteiger partial charge in [0.15, 0.2) is 5.76 Å². The molecule has 29 heavy (non-hydrogen) atoms. The summed E-state index contributed by atoms with van der Waals surface area (Å²) in [6.07, 6.45) is 5.54. The lowest BCUT2D eigenvalue weighted by Crippen LogP contribution is -2.00. The Morgan fingerprint density at radius 3 is 2.52 bits per heavy atom. The van der Waals surface area contributed by atoms with Crippen molar-refractivity contribution in [2.45, 2.75) is 6.92 Å². The van der Waals surface area contributed by atoms with E-state index in [-0.39, 0.29) is 17.4 Å². The normalized spacial score (nSPS) is 14.3. The summed E-state index contributed by atoms with van der Waals surface area (Å²) in [4.78, 5) is 12.7. The van der Waals surface area contributed by atoms with E-state index in [9.17, 15) is 9.18 Å². The summed E-state index contributed by atoms with van der Waals surface area (Å²) < 4.78 is 24.6. The average molecular weight is 386 g/mol. The predicted molar refractivity (Wildman–Crippen MR) is 111 cm³/mol. The highest BCUT2D eigenvalue weighted by molar-refractivity contribution is 6.15. The first-order valence-electron chi connectivity index (χ1n) is 9.29. The van der Waals surface area contributed by atoms with E-state index in [0.717, 1.165) is 11.1 Å². The monoisotopic (exact) mass is 386 g/mol. The molecule has 0 spiro atoms. The topological polar surface area (TPSA) is 35.5 Å². The fourth-order valence-electron chi connectivity index (χ4n) is 3.16. The molecule has 0 unspecified atom stereocenters. The minimum absolute atomic E-state index is 0.183. The van der Waals surface area contributed by atoms with Crippen LogP contribution < -0.4 is 9.47 Å². The van der Waals surface area contributed by atoms with Crippen molar-refractivity contribution in [1.29, 1.82) is 0 Å². The van der Waals surface area contributed by atoms with Gasteiger partial charge in [-0.15, -0.1) is 0 Å². The number of hydrogen-bond acceptors (Lipinski definition) is 3. The highest BCUT2D eigenvalue weighted by Crippen LogP contribution is 2.37. The Morgan fingerprint density at radius 2 is 1.76 bits per heavy atom. The Balaban J connectivity index is 1.48. The average Bonchev–Trinajstić information content (AvgIpc) is 3.03. The number of ether oxygens (including phenoxy) is 2. The summed E-state index contributed by atoms with van der Waals surface area (Å²) in [6.45, 7) is 2.26. The van der Waals surface area contributed by atoms with Crippen molar-refractivity contribution < 1.29 is 18.7 Å². The van der Waals surface area contributed by atoms with Gasteiger partial charge in [0.05, 0.1) is 5.56 Å². The SMILES string of the molecule is Cc1cc(OC/C=C/c2ccccc2)cc2c1C(=O)/C(=C/c1ccc(F)cc1)O2. The van der Waals surface area contributed by atoms with Crippen LogP contribution in [0.5, 0.6) is 11.5 Å². The Bertz CT molecular complexity index is 1100. The van der Waals surface area contributed by atoms with Crippen LogP contribution >= 0.6 is 0 Å². The lowest BCUT2D eigenvalue weighted by molar-refractivity contribution is 0.101. The van der Waals surface area contributed by atoms with Gasteiger partial charge in [-0.2, -0.15) is 0 Å². The zero-order valence-electron chi connectivity index (χ0n) is 15.9. The smallest absolute Gasteiger partial charge is 0.232 e. The van der Waals surface area contributed by atoms with Crippen molar-refractivity contribution in [2.75, 3.05) is 6.61 Å². The Kier molecular flexibility index (Phi) is 5.25. The summed E-state index contributed by atoms with van der Waals surface area (Å²) in [5, 5.41) is 0. The van der Waals surface area contributed by atoms with Crippen molar-refractivity contribution in [3.8, 4) is 11.5 Å². The number of halogens is 1. The number of aryl methyl sites for hydroxylation is 1. The van der Waals surface area contributed by atoms with Crippen molar-refractivity contribution in [3.63, 3.8) is 0 Å². The molecule has 0 radical (unpaired) electrons. The third-order valence-corrected chi connectivity index (χ3v) is 4.57. The fourth-order valence-corrected chi connectivity index (χ4v) is 3.16. The molecular weight excluding hydrogens is 367 g/mol. The van der Waals surface area contributed by atoms with Crippen LogP contribution in [0.25, 0.3) is 12.2 Å². The molecular formula is C25H19FO3. The number of carbonyl (C=O) groups excluding carboxylic acids is 1. The first-order chi connectivity index (χ1) is 14.1. The third kappa shape index (κ3) is 4.27. The molecule has 3 aromatic carbocycles. The molecule has 4 heteroatoms. The van der Waals surface area contributed by atoms with Gasteiger partial charge in [0, 0.05) is 6.07 Å². The Labute approximate surface area is 168 Å². The second-order valence-corrected chi connectivity index (χ2v) is 6.73. The van der Waals surface area contributed by atoms with E-state index in [2.05, 4.69) is 0 Å². The van der Waals surface area contributed by atoms with E-state index < -0.39 is 0 Å². The Morgan fingerprint density at radius 1 is 1.00 bits per heavy atom. The molecule has 0 aliphatic carbocycles. The number of Topliss-reactive ketones (excluding diaryl/α,β-unsaturated/α-hetero) is 1. The highest BCUT2D eigenvalue weighted by atomic mass is 19.1. The minimum atomic E-state index is -0.326. The molecule has 1 aliphatic rings. The van der Waals surface area contributed by atoms with Crippen molar-refractivity contribution in [1.82, 2.24) is 0 Å². The summed E-state index contributed by atoms with van der Waals surface area (Å²) in [5.41, 5.74) is 3.12. The van der Waals surface area contributed by atoms with Gasteiger partial charge in [-0.05, 0) is 54.0 Å². The molecule has 4 rings (SSSR count). The molecule has 3 nitrogen and oxygen atoms in total. The van der Waals surface area contributed by atoms with Gasteiger partial charge in [-0.3, -0.25) is 4.79 Å². The van der Waals surface area contributed by atoms with Crippen LogP contribution in [-0.2, 0) is 0 Å². The van der Waals surface area contributed by atoms with Crippen LogP contribution in [0.3, 0.4) is 0 Å². The van der Waals surface area contributed by atoms with Gasteiger partial charge >= 0.3 is 0 Å². The first kappa shape index (κ1) is 18.7. The lowest BCUT2D eigenvalue weighted by Gasteiger charge is -2.07. The van der Waals surface area contributed by atoms with Gasteiger partial charge in [-0.1, -0.05) is 48.5 Å². The molecule has 1 aliphatic heterocycles. The van der Waals surface area contributed by atoms with Gasteiger partial charge < -0.3 is 9.47 Å². The minimum Gasteiger partial charge on any atom is -0.489 e. The third-order valence-electron chi connectivity index (χ3n) is 4.57. The number of rotatable bonds is 5.